The lowest BCUT2D eigenvalue weighted by Crippen LogP contribution is -2.33. The minimum atomic E-state index is -3.73. The number of rotatable bonds is 6. The summed E-state index contributed by atoms with van der Waals surface area (Å²) in [5.74, 6) is -0.964. The summed E-state index contributed by atoms with van der Waals surface area (Å²) in [6.45, 7) is -0.0195. The second kappa shape index (κ2) is 7.75. The van der Waals surface area contributed by atoms with Crippen molar-refractivity contribution in [2.24, 2.45) is 0 Å². The monoisotopic (exact) mass is 430 g/mol. The first-order chi connectivity index (χ1) is 12.7. The van der Waals surface area contributed by atoms with Gasteiger partial charge in [-0.2, -0.15) is 0 Å². The standard InChI is InChI=1S/C18H17Cl2FN2O3S/c1-22-27(25,26)12-7-8-16(20)13(9-12)18(24)23(11-5-6-11)10-14-15(19)3-2-4-17(14)21/h2-4,7-9,11,22H,5-6,10H2,1H3. The molecule has 2 aromatic rings. The van der Waals surface area contributed by atoms with Crippen LogP contribution in [-0.4, -0.2) is 32.3 Å². The van der Waals surface area contributed by atoms with Crippen LogP contribution in [0.1, 0.15) is 28.8 Å². The van der Waals surface area contributed by atoms with E-state index in [0.29, 0.717) is 0 Å². The Morgan fingerprint density at radius 3 is 2.52 bits per heavy atom. The molecule has 1 saturated carbocycles. The van der Waals surface area contributed by atoms with E-state index in [1.165, 1.54) is 42.3 Å². The average molecular weight is 431 g/mol. The molecule has 0 radical (unpaired) electrons. The van der Waals surface area contributed by atoms with Crippen molar-refractivity contribution < 1.29 is 17.6 Å². The molecular formula is C18H17Cl2FN2O3S. The van der Waals surface area contributed by atoms with Crippen LogP contribution in [0.2, 0.25) is 10.0 Å². The Morgan fingerprint density at radius 2 is 1.93 bits per heavy atom. The van der Waals surface area contributed by atoms with Gasteiger partial charge in [-0.25, -0.2) is 17.5 Å². The van der Waals surface area contributed by atoms with Gasteiger partial charge in [0.25, 0.3) is 5.91 Å². The summed E-state index contributed by atoms with van der Waals surface area (Å²) in [5, 5.41) is 0.353. The van der Waals surface area contributed by atoms with E-state index in [1.54, 1.807) is 6.07 Å². The zero-order valence-electron chi connectivity index (χ0n) is 14.4. The number of carbonyl (C=O) groups is 1. The topological polar surface area (TPSA) is 66.5 Å². The first kappa shape index (κ1) is 20.1. The summed E-state index contributed by atoms with van der Waals surface area (Å²) >= 11 is 12.2. The number of hydrogen-bond acceptors (Lipinski definition) is 3. The minimum absolute atomic E-state index is 0.0195. The van der Waals surface area contributed by atoms with E-state index in [9.17, 15) is 17.6 Å². The summed E-state index contributed by atoms with van der Waals surface area (Å²) in [6.07, 6.45) is 1.56. The summed E-state index contributed by atoms with van der Waals surface area (Å²) in [4.78, 5) is 14.5. The molecule has 27 heavy (non-hydrogen) atoms. The molecule has 0 heterocycles. The van der Waals surface area contributed by atoms with Crippen LogP contribution in [0.3, 0.4) is 0 Å². The summed E-state index contributed by atoms with van der Waals surface area (Å²) in [6, 6.07) is 8.18. The molecule has 0 atom stereocenters. The van der Waals surface area contributed by atoms with Crippen LogP contribution in [0.15, 0.2) is 41.3 Å². The highest BCUT2D eigenvalue weighted by molar-refractivity contribution is 7.89. The van der Waals surface area contributed by atoms with Gasteiger partial charge in [0.05, 0.1) is 22.0 Å². The number of benzene rings is 2. The van der Waals surface area contributed by atoms with Crippen molar-refractivity contribution in [1.29, 1.82) is 0 Å². The average Bonchev–Trinajstić information content (AvgIpc) is 3.46. The number of hydrogen-bond donors (Lipinski definition) is 1. The largest absolute Gasteiger partial charge is 0.331 e. The van der Waals surface area contributed by atoms with Gasteiger partial charge in [-0.15, -0.1) is 0 Å². The Balaban J connectivity index is 1.98. The maximum atomic E-state index is 14.2. The van der Waals surface area contributed by atoms with Gasteiger partial charge in [0.1, 0.15) is 5.82 Å². The molecule has 0 bridgehead atoms. The van der Waals surface area contributed by atoms with Gasteiger partial charge in [-0.1, -0.05) is 29.3 Å². The van der Waals surface area contributed by atoms with Crippen molar-refractivity contribution in [3.05, 3.63) is 63.4 Å². The molecule has 144 valence electrons. The molecule has 3 rings (SSSR count). The van der Waals surface area contributed by atoms with Crippen LogP contribution < -0.4 is 4.72 Å². The van der Waals surface area contributed by atoms with Gasteiger partial charge < -0.3 is 4.90 Å². The lowest BCUT2D eigenvalue weighted by Gasteiger charge is -2.24. The maximum absolute atomic E-state index is 14.2. The molecule has 0 aromatic heterocycles. The fraction of sp³-hybridized carbons (Fsp3) is 0.278. The number of sulfonamides is 1. The maximum Gasteiger partial charge on any atom is 0.255 e. The minimum Gasteiger partial charge on any atom is -0.331 e. The summed E-state index contributed by atoms with van der Waals surface area (Å²) in [7, 11) is -2.45. The molecule has 1 fully saturated rings. The van der Waals surface area contributed by atoms with E-state index in [-0.39, 0.29) is 38.7 Å². The van der Waals surface area contributed by atoms with Gasteiger partial charge >= 0.3 is 0 Å². The van der Waals surface area contributed by atoms with Gasteiger partial charge in [0, 0.05) is 16.6 Å². The normalized spacial score (nSPS) is 14.2. The Labute approximate surface area is 167 Å². The third-order valence-electron chi connectivity index (χ3n) is 4.39. The van der Waals surface area contributed by atoms with Crippen molar-refractivity contribution in [1.82, 2.24) is 9.62 Å². The predicted octanol–water partition coefficient (Wildman–Crippen LogP) is 3.85. The fourth-order valence-corrected chi connectivity index (χ4v) is 3.89. The van der Waals surface area contributed by atoms with E-state index < -0.39 is 21.7 Å². The third kappa shape index (κ3) is 4.27. The molecule has 0 saturated heterocycles. The van der Waals surface area contributed by atoms with E-state index in [1.807, 2.05) is 0 Å². The van der Waals surface area contributed by atoms with Gasteiger partial charge in [0.2, 0.25) is 10.0 Å². The second-order valence-electron chi connectivity index (χ2n) is 6.21. The number of amides is 1. The SMILES string of the molecule is CNS(=O)(=O)c1ccc(Cl)c(C(=O)N(Cc2c(F)cccc2Cl)C2CC2)c1. The number of halogens is 3. The Kier molecular flexibility index (Phi) is 5.76. The molecule has 9 heteroatoms. The van der Waals surface area contributed by atoms with Crippen LogP contribution in [0.4, 0.5) is 4.39 Å². The van der Waals surface area contributed by atoms with Crippen LogP contribution in [0.5, 0.6) is 0 Å². The van der Waals surface area contributed by atoms with E-state index >= 15 is 0 Å². The number of carbonyl (C=O) groups excluding carboxylic acids is 1. The quantitative estimate of drug-likeness (QED) is 0.756. The second-order valence-corrected chi connectivity index (χ2v) is 8.91. The molecule has 0 spiro atoms. The molecule has 1 N–H and O–H groups in total. The molecule has 5 nitrogen and oxygen atoms in total. The number of nitrogens with one attached hydrogen (secondary N) is 1. The van der Waals surface area contributed by atoms with Crippen molar-refractivity contribution >= 4 is 39.1 Å². The third-order valence-corrected chi connectivity index (χ3v) is 6.48. The van der Waals surface area contributed by atoms with E-state index in [2.05, 4.69) is 4.72 Å². The first-order valence-electron chi connectivity index (χ1n) is 8.21. The molecule has 2 aromatic carbocycles. The smallest absolute Gasteiger partial charge is 0.255 e. The molecule has 1 amide bonds. The van der Waals surface area contributed by atoms with E-state index in [0.717, 1.165) is 12.8 Å². The fourth-order valence-electron chi connectivity index (χ4n) is 2.71. The Bertz CT molecular complexity index is 974. The summed E-state index contributed by atoms with van der Waals surface area (Å²) in [5.41, 5.74) is 0.266. The first-order valence-corrected chi connectivity index (χ1v) is 10.5. The van der Waals surface area contributed by atoms with Gasteiger partial charge in [-0.3, -0.25) is 4.79 Å². The zero-order valence-corrected chi connectivity index (χ0v) is 16.7. The lowest BCUT2D eigenvalue weighted by atomic mass is 10.1. The van der Waals surface area contributed by atoms with Crippen molar-refractivity contribution in [2.45, 2.75) is 30.3 Å². The van der Waals surface area contributed by atoms with E-state index in [4.69, 9.17) is 23.2 Å². The number of nitrogens with zero attached hydrogens (tertiary/aromatic N) is 1. The van der Waals surface area contributed by atoms with Gasteiger partial charge in [0.15, 0.2) is 0 Å². The zero-order chi connectivity index (χ0) is 19.8. The highest BCUT2D eigenvalue weighted by Crippen LogP contribution is 2.33. The van der Waals surface area contributed by atoms with Crippen LogP contribution in [-0.2, 0) is 16.6 Å². The van der Waals surface area contributed by atoms with Crippen molar-refractivity contribution in [2.75, 3.05) is 7.05 Å². The molecule has 1 aliphatic rings. The van der Waals surface area contributed by atoms with Crippen LogP contribution in [0.25, 0.3) is 0 Å². The lowest BCUT2D eigenvalue weighted by molar-refractivity contribution is 0.0728. The molecule has 0 aliphatic heterocycles. The Morgan fingerprint density at radius 1 is 1.22 bits per heavy atom. The summed E-state index contributed by atoms with van der Waals surface area (Å²) < 4.78 is 40.4. The van der Waals surface area contributed by atoms with Crippen LogP contribution >= 0.6 is 23.2 Å². The van der Waals surface area contributed by atoms with Gasteiger partial charge in [-0.05, 0) is 50.2 Å². The van der Waals surface area contributed by atoms with Crippen LogP contribution in [0, 0.1) is 5.82 Å². The Hall–Kier alpha value is -1.67. The predicted molar refractivity (Wildman–Crippen MR) is 102 cm³/mol. The van der Waals surface area contributed by atoms with Crippen molar-refractivity contribution in [3.8, 4) is 0 Å². The highest BCUT2D eigenvalue weighted by atomic mass is 35.5. The molecule has 0 unspecified atom stereocenters. The molecular weight excluding hydrogens is 414 g/mol. The highest BCUT2D eigenvalue weighted by Gasteiger charge is 2.35. The molecule has 1 aliphatic carbocycles. The van der Waals surface area contributed by atoms with Crippen molar-refractivity contribution in [3.63, 3.8) is 0 Å².